The van der Waals surface area contributed by atoms with Gasteiger partial charge in [0, 0.05) is 20.5 Å². The second-order valence-electron chi connectivity index (χ2n) is 6.34. The molecular formula is C16H32N4O3. The summed E-state index contributed by atoms with van der Waals surface area (Å²) in [5.41, 5.74) is 11.0. The van der Waals surface area contributed by atoms with Crippen LogP contribution in [0.4, 0.5) is 0 Å². The monoisotopic (exact) mass is 328 g/mol. The lowest BCUT2D eigenvalue weighted by atomic mass is 10.0. The summed E-state index contributed by atoms with van der Waals surface area (Å²) in [4.78, 5) is 39.4. The molecule has 134 valence electrons. The van der Waals surface area contributed by atoms with Crippen LogP contribution in [0.25, 0.3) is 0 Å². The lowest BCUT2D eigenvalue weighted by molar-refractivity contribution is -0.147. The second-order valence-corrected chi connectivity index (χ2v) is 6.34. The maximum Gasteiger partial charge on any atom is 0.245 e. The topological polar surface area (TPSA) is 110 Å². The highest BCUT2D eigenvalue weighted by Crippen LogP contribution is 2.15. The number of nitrogens with zero attached hydrogens (tertiary/aromatic N) is 2. The van der Waals surface area contributed by atoms with E-state index >= 15 is 0 Å². The minimum atomic E-state index is -0.683. The lowest BCUT2D eigenvalue weighted by Gasteiger charge is -2.34. The molecule has 0 aliphatic rings. The van der Waals surface area contributed by atoms with E-state index in [0.29, 0.717) is 25.7 Å². The minimum Gasteiger partial charge on any atom is -0.368 e. The highest BCUT2D eigenvalue weighted by atomic mass is 16.2. The number of hydrogen-bond donors (Lipinski definition) is 2. The summed E-state index contributed by atoms with van der Waals surface area (Å²) in [7, 11) is 3.16. The van der Waals surface area contributed by atoms with Crippen LogP contribution in [-0.4, -0.2) is 60.2 Å². The van der Waals surface area contributed by atoms with Crippen LogP contribution in [-0.2, 0) is 14.4 Å². The molecule has 7 heteroatoms. The first kappa shape index (κ1) is 21.4. The number of carbonyl (C=O) groups excluding carboxylic acids is 3. The van der Waals surface area contributed by atoms with E-state index in [1.807, 2.05) is 20.8 Å². The first-order valence-corrected chi connectivity index (χ1v) is 8.18. The molecule has 0 saturated heterocycles. The third-order valence-corrected chi connectivity index (χ3v) is 3.89. The molecule has 0 radical (unpaired) electrons. The highest BCUT2D eigenvalue weighted by Gasteiger charge is 2.33. The van der Waals surface area contributed by atoms with Gasteiger partial charge in [-0.05, 0) is 31.7 Å². The van der Waals surface area contributed by atoms with Crippen LogP contribution in [0.15, 0.2) is 0 Å². The molecule has 3 amide bonds. The molecule has 0 saturated carbocycles. The fraction of sp³-hybridized carbons (Fsp3) is 0.812. The smallest absolute Gasteiger partial charge is 0.245 e. The zero-order valence-corrected chi connectivity index (χ0v) is 15.0. The Balaban J connectivity index is 5.26. The quantitative estimate of drug-likeness (QED) is 0.602. The predicted octanol–water partition coefficient (Wildman–Crippen LogP) is 0.321. The van der Waals surface area contributed by atoms with Gasteiger partial charge >= 0.3 is 0 Å². The van der Waals surface area contributed by atoms with Crippen molar-refractivity contribution in [1.82, 2.24) is 9.80 Å². The van der Waals surface area contributed by atoms with Gasteiger partial charge in [0.2, 0.25) is 17.7 Å². The number of primary amides is 1. The molecule has 0 fully saturated rings. The van der Waals surface area contributed by atoms with Crippen molar-refractivity contribution < 1.29 is 14.4 Å². The summed E-state index contributed by atoms with van der Waals surface area (Å²) >= 11 is 0. The van der Waals surface area contributed by atoms with Crippen LogP contribution >= 0.6 is 0 Å². The summed E-state index contributed by atoms with van der Waals surface area (Å²) in [6.07, 6.45) is 1.92. The molecule has 0 aromatic rings. The molecule has 0 aromatic heterocycles. The van der Waals surface area contributed by atoms with Crippen molar-refractivity contribution in [3.05, 3.63) is 0 Å². The van der Waals surface area contributed by atoms with Gasteiger partial charge in [-0.2, -0.15) is 0 Å². The molecule has 0 spiro atoms. The van der Waals surface area contributed by atoms with Crippen LogP contribution < -0.4 is 11.5 Å². The van der Waals surface area contributed by atoms with Crippen molar-refractivity contribution in [3.63, 3.8) is 0 Å². The van der Waals surface area contributed by atoms with Gasteiger partial charge in [-0.3, -0.25) is 14.4 Å². The number of carbonyl (C=O) groups is 3. The van der Waals surface area contributed by atoms with Crippen molar-refractivity contribution in [2.45, 2.75) is 58.5 Å². The molecule has 0 aliphatic carbocycles. The third-order valence-electron chi connectivity index (χ3n) is 3.89. The Kier molecular flexibility index (Phi) is 9.48. The van der Waals surface area contributed by atoms with E-state index in [1.54, 1.807) is 14.1 Å². The Hall–Kier alpha value is -1.63. The molecular weight excluding hydrogens is 296 g/mol. The maximum atomic E-state index is 12.8. The van der Waals surface area contributed by atoms with Crippen molar-refractivity contribution in [3.8, 4) is 0 Å². The van der Waals surface area contributed by atoms with Gasteiger partial charge in [0.05, 0.1) is 0 Å². The third kappa shape index (κ3) is 6.56. The number of rotatable bonds is 10. The molecule has 23 heavy (non-hydrogen) atoms. The molecule has 0 rings (SSSR count). The molecule has 0 aromatic carbocycles. The van der Waals surface area contributed by atoms with E-state index in [4.69, 9.17) is 11.5 Å². The predicted molar refractivity (Wildman–Crippen MR) is 90.3 cm³/mol. The first-order valence-electron chi connectivity index (χ1n) is 8.18. The van der Waals surface area contributed by atoms with Crippen molar-refractivity contribution in [2.75, 3.05) is 20.6 Å². The zero-order valence-electron chi connectivity index (χ0n) is 15.0. The fourth-order valence-electron chi connectivity index (χ4n) is 2.50. The Morgan fingerprint density at radius 1 is 1.04 bits per heavy atom. The van der Waals surface area contributed by atoms with Crippen LogP contribution in [0.5, 0.6) is 0 Å². The summed E-state index contributed by atoms with van der Waals surface area (Å²) in [6.45, 7) is 6.10. The van der Waals surface area contributed by atoms with Crippen molar-refractivity contribution in [1.29, 1.82) is 0 Å². The fourth-order valence-corrected chi connectivity index (χ4v) is 2.50. The van der Waals surface area contributed by atoms with E-state index in [1.165, 1.54) is 9.80 Å². The summed E-state index contributed by atoms with van der Waals surface area (Å²) in [5.74, 6) is -0.724. The van der Waals surface area contributed by atoms with Crippen molar-refractivity contribution in [2.24, 2.45) is 17.4 Å². The van der Waals surface area contributed by atoms with Gasteiger partial charge in [0.25, 0.3) is 0 Å². The Labute approximate surface area is 139 Å². The number of hydrogen-bond acceptors (Lipinski definition) is 4. The molecule has 0 aliphatic heterocycles. The lowest BCUT2D eigenvalue weighted by Crippen LogP contribution is -2.54. The maximum absolute atomic E-state index is 12.8. The average Bonchev–Trinajstić information content (AvgIpc) is 2.48. The number of nitrogens with two attached hydrogens (primary N) is 2. The molecule has 4 N–H and O–H groups in total. The average molecular weight is 328 g/mol. The van der Waals surface area contributed by atoms with Crippen molar-refractivity contribution >= 4 is 17.7 Å². The van der Waals surface area contributed by atoms with Gasteiger partial charge in [0.1, 0.15) is 12.1 Å². The van der Waals surface area contributed by atoms with Gasteiger partial charge in [0.15, 0.2) is 0 Å². The summed E-state index contributed by atoms with van der Waals surface area (Å²) < 4.78 is 0. The van der Waals surface area contributed by atoms with E-state index in [2.05, 4.69) is 0 Å². The Morgan fingerprint density at radius 2 is 1.61 bits per heavy atom. The molecule has 0 heterocycles. The Morgan fingerprint density at radius 3 is 2.00 bits per heavy atom. The van der Waals surface area contributed by atoms with Gasteiger partial charge < -0.3 is 21.3 Å². The van der Waals surface area contributed by atoms with E-state index in [9.17, 15) is 14.4 Å². The number of likely N-dealkylation sites (N-methyl/N-ethyl adjacent to an activating group) is 2. The highest BCUT2D eigenvalue weighted by molar-refractivity contribution is 5.91. The minimum absolute atomic E-state index is 0.104. The molecule has 2 atom stereocenters. The van der Waals surface area contributed by atoms with Gasteiger partial charge in [-0.15, -0.1) is 0 Å². The number of amides is 3. The zero-order chi connectivity index (χ0) is 18.2. The summed E-state index contributed by atoms with van der Waals surface area (Å²) in [5, 5.41) is 0. The summed E-state index contributed by atoms with van der Waals surface area (Å²) in [6, 6.07) is -1.35. The van der Waals surface area contributed by atoms with E-state index in [-0.39, 0.29) is 24.3 Å². The normalized spacial score (nSPS) is 13.5. The van der Waals surface area contributed by atoms with E-state index in [0.717, 1.165) is 0 Å². The van der Waals surface area contributed by atoms with Crippen LogP contribution in [0.3, 0.4) is 0 Å². The SMILES string of the molecule is CCCC(=O)N(C)C(CCN)C(=O)N(C)[C@@H](CC(C)C)C(N)=O. The van der Waals surface area contributed by atoms with E-state index < -0.39 is 18.0 Å². The Bertz CT molecular complexity index is 412. The molecule has 7 nitrogen and oxygen atoms in total. The molecule has 1 unspecified atom stereocenters. The van der Waals surface area contributed by atoms with Crippen LogP contribution in [0, 0.1) is 5.92 Å². The first-order chi connectivity index (χ1) is 10.7. The van der Waals surface area contributed by atoms with Crippen LogP contribution in [0.2, 0.25) is 0 Å². The largest absolute Gasteiger partial charge is 0.368 e. The molecule has 0 bridgehead atoms. The standard InChI is InChI=1S/C16H32N4O3/c1-6-7-14(21)19(4)12(8-9-17)16(23)20(5)13(15(18)22)10-11(2)3/h11-13H,6-10,17H2,1-5H3,(H2,18,22)/t12?,13-/m0/s1. The van der Waals surface area contributed by atoms with Crippen LogP contribution in [0.1, 0.15) is 46.5 Å². The van der Waals surface area contributed by atoms with Gasteiger partial charge in [-0.1, -0.05) is 20.8 Å². The second kappa shape index (κ2) is 10.2. The van der Waals surface area contributed by atoms with Gasteiger partial charge in [-0.25, -0.2) is 0 Å².